The van der Waals surface area contributed by atoms with Gasteiger partial charge in [-0.1, -0.05) is 78.9 Å². The summed E-state index contributed by atoms with van der Waals surface area (Å²) in [5.74, 6) is 0. The van der Waals surface area contributed by atoms with E-state index in [1.807, 2.05) is 12.1 Å². The Morgan fingerprint density at radius 2 is 1.16 bits per heavy atom. The number of rotatable bonds is 3. The molecule has 1 aliphatic heterocycles. The molecule has 25 heavy (non-hydrogen) atoms. The van der Waals surface area contributed by atoms with E-state index >= 15 is 0 Å². The number of nitrogens with zero attached hydrogens (tertiary/aromatic N) is 1. The minimum absolute atomic E-state index is 0.264. The average Bonchev–Trinajstić information content (AvgIpc) is 3.36. The number of hydrogen-bond acceptors (Lipinski definition) is 1. The molecule has 0 bridgehead atoms. The fraction of sp³-hybridized carbons (Fsp3) is 0.143. The first kappa shape index (κ1) is 15.8. The summed E-state index contributed by atoms with van der Waals surface area (Å²) in [5.41, 5.74) is -0.554. The zero-order valence-electron chi connectivity index (χ0n) is 13.3. The molecule has 1 aliphatic rings. The van der Waals surface area contributed by atoms with Crippen molar-refractivity contribution >= 4 is 5.69 Å². The lowest BCUT2D eigenvalue weighted by molar-refractivity contribution is -0.161. The highest BCUT2D eigenvalue weighted by Gasteiger charge is 2.78. The van der Waals surface area contributed by atoms with Crippen LogP contribution < -0.4 is 4.90 Å². The summed E-state index contributed by atoms with van der Waals surface area (Å²) in [4.78, 5) is 1.47. The van der Waals surface area contributed by atoms with Crippen LogP contribution in [-0.4, -0.2) is 6.18 Å². The molecule has 1 nitrogen and oxygen atoms in total. The molecule has 0 N–H and O–H groups in total. The molecule has 0 unspecified atom stereocenters. The molecule has 126 valence electrons. The van der Waals surface area contributed by atoms with E-state index in [0.717, 1.165) is 0 Å². The Kier molecular flexibility index (Phi) is 3.57. The van der Waals surface area contributed by atoms with Gasteiger partial charge < -0.3 is 4.90 Å². The van der Waals surface area contributed by atoms with E-state index in [0.29, 0.717) is 11.3 Å². The van der Waals surface area contributed by atoms with Crippen LogP contribution in [0.2, 0.25) is 0 Å². The van der Waals surface area contributed by atoms with E-state index in [1.54, 1.807) is 78.9 Å². The van der Waals surface area contributed by atoms with E-state index in [9.17, 15) is 13.2 Å². The van der Waals surface area contributed by atoms with Crippen molar-refractivity contribution in [3.8, 4) is 0 Å². The van der Waals surface area contributed by atoms with Gasteiger partial charge in [0, 0.05) is 5.69 Å². The van der Waals surface area contributed by atoms with Crippen LogP contribution >= 0.6 is 0 Å². The lowest BCUT2D eigenvalue weighted by Gasteiger charge is -2.22. The second kappa shape index (κ2) is 5.66. The molecular weight excluding hydrogens is 323 g/mol. The summed E-state index contributed by atoms with van der Waals surface area (Å²) >= 11 is 0. The molecule has 0 aliphatic carbocycles. The Morgan fingerprint density at radius 1 is 0.680 bits per heavy atom. The third-order valence-corrected chi connectivity index (χ3v) is 4.76. The molecule has 0 amide bonds. The van der Waals surface area contributed by atoms with Crippen molar-refractivity contribution < 1.29 is 13.2 Å². The SMILES string of the molecule is FC(F)(F)[C@]1(c2ccccc2)[C@H](c2ccccc2)N1c1ccccc1. The van der Waals surface area contributed by atoms with Gasteiger partial charge in [0.05, 0.1) is 6.04 Å². The first-order valence-electron chi connectivity index (χ1n) is 8.08. The monoisotopic (exact) mass is 339 g/mol. The average molecular weight is 339 g/mol. The van der Waals surface area contributed by atoms with Crippen LogP contribution in [-0.2, 0) is 5.54 Å². The van der Waals surface area contributed by atoms with E-state index in [2.05, 4.69) is 0 Å². The van der Waals surface area contributed by atoms with Gasteiger partial charge in [-0.25, -0.2) is 0 Å². The van der Waals surface area contributed by atoms with Crippen LogP contribution in [0.15, 0.2) is 91.0 Å². The fourth-order valence-electron chi connectivity index (χ4n) is 3.70. The maximum absolute atomic E-state index is 14.4. The van der Waals surface area contributed by atoms with E-state index in [-0.39, 0.29) is 5.56 Å². The Hall–Kier alpha value is -2.75. The maximum Gasteiger partial charge on any atom is 0.418 e. The van der Waals surface area contributed by atoms with Crippen molar-refractivity contribution in [3.05, 3.63) is 102 Å². The van der Waals surface area contributed by atoms with E-state index in [4.69, 9.17) is 0 Å². The fourth-order valence-corrected chi connectivity index (χ4v) is 3.70. The Bertz CT molecular complexity index is 799. The highest BCUT2D eigenvalue weighted by atomic mass is 19.4. The molecule has 1 heterocycles. The predicted octanol–water partition coefficient (Wildman–Crippen LogP) is 5.71. The molecule has 1 saturated heterocycles. The van der Waals surface area contributed by atoms with Crippen molar-refractivity contribution in [2.24, 2.45) is 0 Å². The molecular formula is C21H16F3N. The number of benzene rings is 3. The van der Waals surface area contributed by atoms with Crippen LogP contribution in [0.25, 0.3) is 0 Å². The van der Waals surface area contributed by atoms with Crippen molar-refractivity contribution in [1.82, 2.24) is 0 Å². The van der Waals surface area contributed by atoms with Crippen LogP contribution in [0.4, 0.5) is 18.9 Å². The quantitative estimate of drug-likeness (QED) is 0.553. The van der Waals surface area contributed by atoms with Crippen molar-refractivity contribution in [3.63, 3.8) is 0 Å². The van der Waals surface area contributed by atoms with Gasteiger partial charge in [-0.2, -0.15) is 13.2 Å². The molecule has 0 radical (unpaired) electrons. The number of alkyl halides is 3. The zero-order chi connectivity index (χ0) is 17.5. The minimum Gasteiger partial charge on any atom is -0.341 e. The summed E-state index contributed by atoms with van der Waals surface area (Å²) in [7, 11) is 0. The largest absolute Gasteiger partial charge is 0.418 e. The topological polar surface area (TPSA) is 3.01 Å². The highest BCUT2D eigenvalue weighted by Crippen LogP contribution is 2.68. The Morgan fingerprint density at radius 3 is 1.68 bits per heavy atom. The summed E-state index contributed by atoms with van der Waals surface area (Å²) in [6, 6.07) is 25.1. The Balaban J connectivity index is 1.94. The van der Waals surface area contributed by atoms with Crippen molar-refractivity contribution in [2.75, 3.05) is 4.90 Å². The van der Waals surface area contributed by atoms with Gasteiger partial charge in [-0.15, -0.1) is 0 Å². The smallest absolute Gasteiger partial charge is 0.341 e. The maximum atomic E-state index is 14.4. The number of para-hydroxylation sites is 1. The molecule has 3 aromatic carbocycles. The molecule has 4 heteroatoms. The van der Waals surface area contributed by atoms with Gasteiger partial charge >= 0.3 is 6.18 Å². The normalized spacial score (nSPS) is 22.7. The second-order valence-electron chi connectivity index (χ2n) is 6.15. The standard InChI is InChI=1S/C21H16F3N/c22-21(23,24)20(17-12-6-2-7-13-17)19(16-10-4-1-5-11-16)25(20)18-14-8-3-9-15-18/h1-15,19H/t19-,20-,25?/m0/s1. The van der Waals surface area contributed by atoms with Crippen LogP contribution in [0.1, 0.15) is 17.2 Å². The number of anilines is 1. The lowest BCUT2D eigenvalue weighted by atomic mass is 9.91. The minimum atomic E-state index is -4.41. The third kappa shape index (κ3) is 2.32. The van der Waals surface area contributed by atoms with Crippen LogP contribution in [0.5, 0.6) is 0 Å². The lowest BCUT2D eigenvalue weighted by Crippen LogP contribution is -2.35. The predicted molar refractivity (Wildman–Crippen MR) is 92.3 cm³/mol. The van der Waals surface area contributed by atoms with Gasteiger partial charge in [0.1, 0.15) is 0 Å². The summed E-state index contributed by atoms with van der Waals surface area (Å²) in [5, 5.41) is 0. The van der Waals surface area contributed by atoms with Crippen LogP contribution in [0.3, 0.4) is 0 Å². The van der Waals surface area contributed by atoms with Gasteiger partial charge in [-0.05, 0) is 23.3 Å². The molecule has 0 spiro atoms. The summed E-state index contributed by atoms with van der Waals surface area (Å²) in [6.07, 6.45) is -4.41. The molecule has 2 atom stereocenters. The third-order valence-electron chi connectivity index (χ3n) is 4.76. The van der Waals surface area contributed by atoms with Crippen LogP contribution in [0, 0.1) is 0 Å². The second-order valence-corrected chi connectivity index (χ2v) is 6.15. The molecule has 4 rings (SSSR count). The van der Waals surface area contributed by atoms with Gasteiger partial charge in [0.25, 0.3) is 0 Å². The van der Waals surface area contributed by atoms with E-state index < -0.39 is 17.8 Å². The molecule has 1 fully saturated rings. The van der Waals surface area contributed by atoms with E-state index in [1.165, 1.54) is 4.90 Å². The van der Waals surface area contributed by atoms with Gasteiger partial charge in [-0.3, -0.25) is 0 Å². The summed E-state index contributed by atoms with van der Waals surface area (Å²) in [6.45, 7) is 0. The molecule has 3 aromatic rings. The van der Waals surface area contributed by atoms with Gasteiger partial charge in [0.15, 0.2) is 5.54 Å². The van der Waals surface area contributed by atoms with Crippen molar-refractivity contribution in [2.45, 2.75) is 17.8 Å². The molecule has 0 aromatic heterocycles. The first-order chi connectivity index (χ1) is 12.1. The highest BCUT2D eigenvalue weighted by molar-refractivity contribution is 5.67. The number of hydrogen-bond donors (Lipinski definition) is 0. The first-order valence-corrected chi connectivity index (χ1v) is 8.08. The summed E-state index contributed by atoms with van der Waals surface area (Å²) < 4.78 is 43.2. The zero-order valence-corrected chi connectivity index (χ0v) is 13.3. The van der Waals surface area contributed by atoms with Crippen molar-refractivity contribution in [1.29, 1.82) is 0 Å². The molecule has 0 saturated carbocycles. The Labute approximate surface area is 144 Å². The number of halogens is 3. The van der Waals surface area contributed by atoms with Gasteiger partial charge in [0.2, 0.25) is 0 Å².